The van der Waals surface area contributed by atoms with Crippen LogP contribution in [0, 0.1) is 23.1 Å². The Kier molecular flexibility index (Phi) is 7.04. The van der Waals surface area contributed by atoms with E-state index in [1.807, 2.05) is 30.3 Å². The van der Waals surface area contributed by atoms with E-state index in [1.165, 1.54) is 25.2 Å². The van der Waals surface area contributed by atoms with Gasteiger partial charge in [-0.25, -0.2) is 4.39 Å². The van der Waals surface area contributed by atoms with Gasteiger partial charge in [-0.15, -0.1) is 0 Å². The van der Waals surface area contributed by atoms with Crippen LogP contribution in [-0.4, -0.2) is 12.9 Å². The number of benzene rings is 2. The van der Waals surface area contributed by atoms with Crippen molar-refractivity contribution in [3.63, 3.8) is 0 Å². The SMILES string of the molecule is COc1cc([C@@H](C)CC2CC[C@H](c3ccc(C(=O)CCC#N)cc3)C2)ccc1F. The van der Waals surface area contributed by atoms with E-state index >= 15 is 0 Å². The van der Waals surface area contributed by atoms with E-state index in [2.05, 4.69) is 19.1 Å². The first-order chi connectivity index (χ1) is 14.0. The van der Waals surface area contributed by atoms with Gasteiger partial charge >= 0.3 is 0 Å². The van der Waals surface area contributed by atoms with Gasteiger partial charge in [0.1, 0.15) is 0 Å². The lowest BCUT2D eigenvalue weighted by Crippen LogP contribution is -2.04. The van der Waals surface area contributed by atoms with E-state index in [-0.39, 0.29) is 24.4 Å². The van der Waals surface area contributed by atoms with Crippen LogP contribution in [0.25, 0.3) is 0 Å². The molecule has 0 saturated heterocycles. The number of Topliss-reactive ketones (excluding diaryl/α,β-unsaturated/α-hetero) is 1. The molecule has 1 fully saturated rings. The van der Waals surface area contributed by atoms with Gasteiger partial charge in [-0.05, 0) is 66.7 Å². The second kappa shape index (κ2) is 9.69. The molecule has 0 heterocycles. The van der Waals surface area contributed by atoms with Crippen molar-refractivity contribution in [3.05, 3.63) is 65.0 Å². The number of ketones is 1. The fourth-order valence-electron chi connectivity index (χ4n) is 4.47. The molecule has 3 nitrogen and oxygen atoms in total. The fourth-order valence-corrected chi connectivity index (χ4v) is 4.47. The van der Waals surface area contributed by atoms with E-state index < -0.39 is 0 Å². The minimum Gasteiger partial charge on any atom is -0.494 e. The topological polar surface area (TPSA) is 50.1 Å². The molecule has 0 N–H and O–H groups in total. The van der Waals surface area contributed by atoms with Crippen molar-refractivity contribution >= 4 is 5.78 Å². The summed E-state index contributed by atoms with van der Waals surface area (Å²) in [6.07, 6.45) is 5.12. The smallest absolute Gasteiger partial charge is 0.165 e. The molecule has 1 aliphatic carbocycles. The van der Waals surface area contributed by atoms with E-state index in [0.29, 0.717) is 29.1 Å². The van der Waals surface area contributed by atoms with Crippen LogP contribution in [0.1, 0.15) is 78.8 Å². The molecule has 0 radical (unpaired) electrons. The monoisotopic (exact) mass is 393 g/mol. The van der Waals surface area contributed by atoms with Crippen LogP contribution < -0.4 is 4.74 Å². The summed E-state index contributed by atoms with van der Waals surface area (Å²) in [5.74, 6) is 1.54. The second-order valence-electron chi connectivity index (χ2n) is 8.11. The molecule has 29 heavy (non-hydrogen) atoms. The van der Waals surface area contributed by atoms with Crippen molar-refractivity contribution in [2.24, 2.45) is 5.92 Å². The molecule has 1 unspecified atom stereocenters. The molecular weight excluding hydrogens is 365 g/mol. The number of halogens is 1. The number of methoxy groups -OCH3 is 1. The summed E-state index contributed by atoms with van der Waals surface area (Å²) in [4.78, 5) is 12.0. The van der Waals surface area contributed by atoms with Gasteiger partial charge in [0.15, 0.2) is 17.3 Å². The predicted octanol–water partition coefficient (Wildman–Crippen LogP) is 6.40. The highest BCUT2D eigenvalue weighted by atomic mass is 19.1. The Morgan fingerprint density at radius 1 is 1.24 bits per heavy atom. The van der Waals surface area contributed by atoms with Crippen molar-refractivity contribution in [2.45, 2.75) is 57.3 Å². The average Bonchev–Trinajstić information content (AvgIpc) is 3.20. The number of nitriles is 1. The van der Waals surface area contributed by atoms with Gasteiger partial charge in [0.25, 0.3) is 0 Å². The van der Waals surface area contributed by atoms with Gasteiger partial charge in [0.05, 0.1) is 13.2 Å². The largest absolute Gasteiger partial charge is 0.494 e. The lowest BCUT2D eigenvalue weighted by molar-refractivity contribution is 0.0984. The normalized spacial score (nSPS) is 19.5. The zero-order valence-electron chi connectivity index (χ0n) is 17.2. The summed E-state index contributed by atoms with van der Waals surface area (Å²) < 4.78 is 18.8. The molecule has 2 aromatic carbocycles. The lowest BCUT2D eigenvalue weighted by Gasteiger charge is -2.18. The van der Waals surface area contributed by atoms with Gasteiger partial charge in [-0.3, -0.25) is 4.79 Å². The minimum absolute atomic E-state index is 0.0333. The molecule has 1 aliphatic rings. The maximum atomic E-state index is 13.7. The summed E-state index contributed by atoms with van der Waals surface area (Å²) in [7, 11) is 1.50. The Morgan fingerprint density at radius 2 is 2.00 bits per heavy atom. The third-order valence-corrected chi connectivity index (χ3v) is 6.14. The first kappa shape index (κ1) is 21.0. The van der Waals surface area contributed by atoms with Crippen molar-refractivity contribution in [1.82, 2.24) is 0 Å². The van der Waals surface area contributed by atoms with Gasteiger partial charge in [0.2, 0.25) is 0 Å². The molecule has 152 valence electrons. The first-order valence-corrected chi connectivity index (χ1v) is 10.3. The summed E-state index contributed by atoms with van der Waals surface area (Å²) in [5, 5.41) is 8.62. The van der Waals surface area contributed by atoms with Crippen molar-refractivity contribution in [2.75, 3.05) is 7.11 Å². The van der Waals surface area contributed by atoms with Gasteiger partial charge in [-0.1, -0.05) is 37.3 Å². The van der Waals surface area contributed by atoms with Crippen LogP contribution >= 0.6 is 0 Å². The first-order valence-electron chi connectivity index (χ1n) is 10.3. The standard InChI is InChI=1S/C25H28FNO2/c1-17(21-11-12-23(26)25(16-21)29-2)14-18-5-6-22(15-18)19-7-9-20(10-8-19)24(28)4-3-13-27/h7-12,16-18,22H,3-6,14-15H2,1-2H3/t17-,18?,22-/m0/s1. The third kappa shape index (κ3) is 5.23. The maximum absolute atomic E-state index is 13.7. The summed E-state index contributed by atoms with van der Waals surface area (Å²) in [6, 6.07) is 15.1. The average molecular weight is 394 g/mol. The Bertz CT molecular complexity index is 885. The van der Waals surface area contributed by atoms with Gasteiger partial charge in [-0.2, -0.15) is 5.26 Å². The number of rotatable bonds is 8. The number of carbonyl (C=O) groups is 1. The Labute approximate surface area is 172 Å². The highest BCUT2D eigenvalue weighted by Gasteiger charge is 2.27. The Hall–Kier alpha value is -2.67. The molecule has 0 amide bonds. The summed E-state index contributed by atoms with van der Waals surface area (Å²) in [5.41, 5.74) is 3.10. The number of hydrogen-bond acceptors (Lipinski definition) is 3. The van der Waals surface area contributed by atoms with Crippen molar-refractivity contribution in [1.29, 1.82) is 5.26 Å². The molecule has 0 spiro atoms. The van der Waals surface area contributed by atoms with Crippen LogP contribution in [-0.2, 0) is 0 Å². The van der Waals surface area contributed by atoms with Crippen LogP contribution in [0.5, 0.6) is 5.75 Å². The zero-order valence-corrected chi connectivity index (χ0v) is 17.2. The minimum atomic E-state index is -0.320. The van der Waals surface area contributed by atoms with Gasteiger partial charge in [0, 0.05) is 18.4 Å². The third-order valence-electron chi connectivity index (χ3n) is 6.14. The van der Waals surface area contributed by atoms with Crippen molar-refractivity contribution < 1.29 is 13.9 Å². The molecule has 3 rings (SSSR count). The molecule has 1 saturated carbocycles. The molecular formula is C25H28FNO2. The second-order valence-corrected chi connectivity index (χ2v) is 8.11. The molecule has 2 aromatic rings. The highest BCUT2D eigenvalue weighted by Crippen LogP contribution is 2.42. The van der Waals surface area contributed by atoms with Crippen LogP contribution in [0.3, 0.4) is 0 Å². The molecule has 0 bridgehead atoms. The Balaban J connectivity index is 1.57. The quantitative estimate of drug-likeness (QED) is 0.488. The van der Waals surface area contributed by atoms with E-state index in [0.717, 1.165) is 24.8 Å². The Morgan fingerprint density at radius 3 is 2.69 bits per heavy atom. The lowest BCUT2D eigenvalue weighted by atomic mass is 9.87. The number of ether oxygens (including phenoxy) is 1. The highest BCUT2D eigenvalue weighted by molar-refractivity contribution is 5.96. The van der Waals surface area contributed by atoms with Crippen LogP contribution in [0.4, 0.5) is 4.39 Å². The molecule has 0 aliphatic heterocycles. The number of carbonyl (C=O) groups excluding carboxylic acids is 1. The summed E-state index contributed by atoms with van der Waals surface area (Å²) in [6.45, 7) is 2.20. The van der Waals surface area contributed by atoms with Crippen LogP contribution in [0.2, 0.25) is 0 Å². The number of nitrogens with zero attached hydrogens (tertiary/aromatic N) is 1. The predicted molar refractivity (Wildman–Crippen MR) is 112 cm³/mol. The molecule has 0 aromatic heterocycles. The van der Waals surface area contributed by atoms with Gasteiger partial charge < -0.3 is 4.74 Å². The molecule has 3 atom stereocenters. The van der Waals surface area contributed by atoms with E-state index in [4.69, 9.17) is 10.00 Å². The number of hydrogen-bond donors (Lipinski definition) is 0. The van der Waals surface area contributed by atoms with E-state index in [1.54, 1.807) is 0 Å². The zero-order chi connectivity index (χ0) is 20.8. The van der Waals surface area contributed by atoms with Crippen LogP contribution in [0.15, 0.2) is 42.5 Å². The molecule has 4 heteroatoms. The van der Waals surface area contributed by atoms with Crippen molar-refractivity contribution in [3.8, 4) is 11.8 Å². The maximum Gasteiger partial charge on any atom is 0.165 e. The fraction of sp³-hybridized carbons (Fsp3) is 0.440. The summed E-state index contributed by atoms with van der Waals surface area (Å²) >= 11 is 0. The van der Waals surface area contributed by atoms with E-state index in [9.17, 15) is 9.18 Å².